The van der Waals surface area contributed by atoms with E-state index in [4.69, 9.17) is 4.74 Å². The molecule has 0 radical (unpaired) electrons. The third-order valence-electron chi connectivity index (χ3n) is 2.91. The Kier molecular flexibility index (Phi) is 5.48. The lowest BCUT2D eigenvalue weighted by Gasteiger charge is -2.27. The van der Waals surface area contributed by atoms with Gasteiger partial charge in [-0.05, 0) is 58.9 Å². The van der Waals surface area contributed by atoms with Crippen molar-refractivity contribution in [2.75, 3.05) is 13.6 Å². The lowest BCUT2D eigenvalue weighted by Crippen LogP contribution is -2.41. The Hall–Kier alpha value is -1.42. The van der Waals surface area contributed by atoms with Gasteiger partial charge in [0, 0.05) is 18.9 Å². The standard InChI is InChI=1S/C15H24N2O2/c1-12(14(18)19-15(2,3)4)17(5)11-8-13-6-9-16-10-7-13/h6-7,9-10,12H,8,11H2,1-5H3. The maximum absolute atomic E-state index is 11.9. The quantitative estimate of drug-likeness (QED) is 0.765. The molecule has 4 nitrogen and oxygen atoms in total. The van der Waals surface area contributed by atoms with Crippen molar-refractivity contribution in [1.29, 1.82) is 0 Å². The molecule has 106 valence electrons. The number of hydrogen-bond acceptors (Lipinski definition) is 4. The van der Waals surface area contributed by atoms with E-state index >= 15 is 0 Å². The Labute approximate surface area is 115 Å². The van der Waals surface area contributed by atoms with E-state index in [1.54, 1.807) is 12.4 Å². The van der Waals surface area contributed by atoms with Gasteiger partial charge in [-0.25, -0.2) is 0 Å². The minimum absolute atomic E-state index is 0.176. The maximum Gasteiger partial charge on any atom is 0.323 e. The third kappa shape index (κ3) is 5.83. The van der Waals surface area contributed by atoms with Gasteiger partial charge in [0.15, 0.2) is 0 Å². The minimum Gasteiger partial charge on any atom is -0.459 e. The van der Waals surface area contributed by atoms with Gasteiger partial charge in [-0.3, -0.25) is 14.7 Å². The summed E-state index contributed by atoms with van der Waals surface area (Å²) in [5.41, 5.74) is 0.787. The van der Waals surface area contributed by atoms with E-state index in [0.29, 0.717) is 0 Å². The highest BCUT2D eigenvalue weighted by Crippen LogP contribution is 2.11. The summed E-state index contributed by atoms with van der Waals surface area (Å²) in [5, 5.41) is 0. The molecule has 0 aliphatic rings. The van der Waals surface area contributed by atoms with Gasteiger partial charge in [0.2, 0.25) is 0 Å². The average molecular weight is 264 g/mol. The van der Waals surface area contributed by atoms with E-state index in [1.165, 1.54) is 5.56 Å². The van der Waals surface area contributed by atoms with Crippen LogP contribution in [0.2, 0.25) is 0 Å². The van der Waals surface area contributed by atoms with Crippen LogP contribution in [0.1, 0.15) is 33.3 Å². The summed E-state index contributed by atoms with van der Waals surface area (Å²) >= 11 is 0. The van der Waals surface area contributed by atoms with Crippen LogP contribution in [-0.4, -0.2) is 41.1 Å². The number of esters is 1. The van der Waals surface area contributed by atoms with Gasteiger partial charge in [0.05, 0.1) is 0 Å². The first-order chi connectivity index (χ1) is 8.79. The summed E-state index contributed by atoms with van der Waals surface area (Å²) in [6, 6.07) is 3.75. The van der Waals surface area contributed by atoms with Crippen molar-refractivity contribution in [1.82, 2.24) is 9.88 Å². The molecule has 0 saturated heterocycles. The summed E-state index contributed by atoms with van der Waals surface area (Å²) in [5.74, 6) is -0.176. The topological polar surface area (TPSA) is 42.4 Å². The molecule has 0 N–H and O–H groups in total. The molecule has 1 aromatic rings. The zero-order valence-corrected chi connectivity index (χ0v) is 12.5. The van der Waals surface area contributed by atoms with Crippen LogP contribution >= 0.6 is 0 Å². The van der Waals surface area contributed by atoms with Gasteiger partial charge in [-0.1, -0.05) is 0 Å². The normalized spacial score (nSPS) is 13.4. The second-order valence-corrected chi connectivity index (χ2v) is 5.80. The minimum atomic E-state index is -0.433. The molecule has 1 atom stereocenters. The summed E-state index contributed by atoms with van der Waals surface area (Å²) in [6.07, 6.45) is 4.46. The number of rotatable bonds is 5. The fourth-order valence-electron chi connectivity index (χ4n) is 1.62. The third-order valence-corrected chi connectivity index (χ3v) is 2.91. The highest BCUT2D eigenvalue weighted by atomic mass is 16.6. The van der Waals surface area contributed by atoms with Crippen molar-refractivity contribution in [3.8, 4) is 0 Å². The van der Waals surface area contributed by atoms with Gasteiger partial charge >= 0.3 is 5.97 Å². The molecule has 1 unspecified atom stereocenters. The number of pyridine rings is 1. The summed E-state index contributed by atoms with van der Waals surface area (Å²) < 4.78 is 5.38. The Bertz CT molecular complexity index is 398. The predicted molar refractivity (Wildman–Crippen MR) is 75.9 cm³/mol. The number of likely N-dealkylation sites (N-methyl/N-ethyl adjacent to an activating group) is 1. The summed E-state index contributed by atoms with van der Waals surface area (Å²) in [4.78, 5) is 17.9. The van der Waals surface area contributed by atoms with Gasteiger partial charge in [-0.15, -0.1) is 0 Å². The SMILES string of the molecule is CC(C(=O)OC(C)(C)C)N(C)CCc1ccncc1. The van der Waals surface area contributed by atoms with Crippen LogP contribution in [0.3, 0.4) is 0 Å². The van der Waals surface area contributed by atoms with Crippen LogP contribution in [0, 0.1) is 0 Å². The van der Waals surface area contributed by atoms with Crippen LogP contribution < -0.4 is 0 Å². The highest BCUT2D eigenvalue weighted by Gasteiger charge is 2.24. The molecular formula is C15H24N2O2. The highest BCUT2D eigenvalue weighted by molar-refractivity contribution is 5.75. The van der Waals surface area contributed by atoms with E-state index in [2.05, 4.69) is 4.98 Å². The molecule has 0 saturated carbocycles. The first-order valence-electron chi connectivity index (χ1n) is 6.61. The monoisotopic (exact) mass is 264 g/mol. The van der Waals surface area contributed by atoms with Crippen molar-refractivity contribution in [3.63, 3.8) is 0 Å². The Morgan fingerprint density at radius 1 is 1.37 bits per heavy atom. The van der Waals surface area contributed by atoms with E-state index in [0.717, 1.165) is 13.0 Å². The summed E-state index contributed by atoms with van der Waals surface area (Å²) in [7, 11) is 1.94. The zero-order valence-electron chi connectivity index (χ0n) is 12.5. The molecular weight excluding hydrogens is 240 g/mol. The number of hydrogen-bond donors (Lipinski definition) is 0. The van der Waals surface area contributed by atoms with Crippen LogP contribution in [0.5, 0.6) is 0 Å². The Morgan fingerprint density at radius 2 is 1.95 bits per heavy atom. The van der Waals surface area contributed by atoms with Gasteiger partial charge in [-0.2, -0.15) is 0 Å². The first kappa shape index (κ1) is 15.6. The van der Waals surface area contributed by atoms with Gasteiger partial charge < -0.3 is 4.74 Å². The van der Waals surface area contributed by atoms with E-state index < -0.39 is 5.60 Å². The molecule has 19 heavy (non-hydrogen) atoms. The molecule has 0 bridgehead atoms. The van der Waals surface area contributed by atoms with Crippen molar-refractivity contribution in [3.05, 3.63) is 30.1 Å². The van der Waals surface area contributed by atoms with Crippen molar-refractivity contribution in [2.45, 2.75) is 45.8 Å². The van der Waals surface area contributed by atoms with E-state index in [9.17, 15) is 4.79 Å². The molecule has 0 aliphatic carbocycles. The molecule has 0 amide bonds. The van der Waals surface area contributed by atoms with Crippen LogP contribution in [0.15, 0.2) is 24.5 Å². The molecule has 1 heterocycles. The number of ether oxygens (including phenoxy) is 1. The smallest absolute Gasteiger partial charge is 0.323 e. The average Bonchev–Trinajstić information content (AvgIpc) is 2.34. The number of nitrogens with zero attached hydrogens (tertiary/aromatic N) is 2. The molecule has 0 fully saturated rings. The van der Waals surface area contributed by atoms with E-state index in [-0.39, 0.29) is 12.0 Å². The van der Waals surface area contributed by atoms with Gasteiger partial charge in [0.25, 0.3) is 0 Å². The zero-order chi connectivity index (χ0) is 14.5. The Morgan fingerprint density at radius 3 is 2.47 bits per heavy atom. The number of carbonyl (C=O) groups is 1. The van der Waals surface area contributed by atoms with E-state index in [1.807, 2.05) is 51.8 Å². The fourth-order valence-corrected chi connectivity index (χ4v) is 1.62. The van der Waals surface area contributed by atoms with Crippen LogP contribution in [-0.2, 0) is 16.0 Å². The van der Waals surface area contributed by atoms with Crippen molar-refractivity contribution in [2.24, 2.45) is 0 Å². The first-order valence-corrected chi connectivity index (χ1v) is 6.61. The predicted octanol–water partition coefficient (Wildman–Crippen LogP) is 2.29. The lowest BCUT2D eigenvalue weighted by atomic mass is 10.1. The molecule has 4 heteroatoms. The maximum atomic E-state index is 11.9. The molecule has 0 aromatic carbocycles. The molecule has 1 rings (SSSR count). The second kappa shape index (κ2) is 6.66. The van der Waals surface area contributed by atoms with Crippen LogP contribution in [0.4, 0.5) is 0 Å². The largest absolute Gasteiger partial charge is 0.459 e. The van der Waals surface area contributed by atoms with Crippen molar-refractivity contribution < 1.29 is 9.53 Å². The van der Waals surface area contributed by atoms with Gasteiger partial charge in [0.1, 0.15) is 11.6 Å². The Balaban J connectivity index is 2.44. The molecule has 1 aromatic heterocycles. The number of carbonyl (C=O) groups excluding carboxylic acids is 1. The summed E-state index contributed by atoms with van der Waals surface area (Å²) in [6.45, 7) is 8.34. The second-order valence-electron chi connectivity index (χ2n) is 5.80. The van der Waals surface area contributed by atoms with Crippen molar-refractivity contribution >= 4 is 5.97 Å². The lowest BCUT2D eigenvalue weighted by molar-refractivity contribution is -0.160. The fraction of sp³-hybridized carbons (Fsp3) is 0.600. The van der Waals surface area contributed by atoms with Crippen LogP contribution in [0.25, 0.3) is 0 Å². The molecule has 0 spiro atoms. The molecule has 0 aliphatic heterocycles. The number of aromatic nitrogens is 1.